The Hall–Kier alpha value is -1.59. The normalized spacial score (nSPS) is 15.3. The number of nitrogens with zero attached hydrogens (tertiary/aromatic N) is 2. The van der Waals surface area contributed by atoms with Crippen LogP contribution < -0.4 is 5.32 Å². The van der Waals surface area contributed by atoms with Crippen LogP contribution in [0.1, 0.15) is 5.56 Å². The van der Waals surface area contributed by atoms with Gasteiger partial charge in [-0.2, -0.15) is 0 Å². The molecule has 0 radical (unpaired) electrons. The molecular formula is C14H18ClN3O2. The molecule has 20 heavy (non-hydrogen) atoms. The van der Waals surface area contributed by atoms with Crippen molar-refractivity contribution in [3.63, 3.8) is 0 Å². The minimum atomic E-state index is -0.0987. The first-order valence-corrected chi connectivity index (χ1v) is 6.90. The van der Waals surface area contributed by atoms with E-state index in [4.69, 9.17) is 11.6 Å². The monoisotopic (exact) mass is 295 g/mol. The van der Waals surface area contributed by atoms with E-state index in [1.54, 1.807) is 4.90 Å². The molecule has 0 spiro atoms. The van der Waals surface area contributed by atoms with Crippen LogP contribution in [0.15, 0.2) is 24.3 Å². The minimum absolute atomic E-state index is 0.0330. The summed E-state index contributed by atoms with van der Waals surface area (Å²) in [7, 11) is 1.87. The van der Waals surface area contributed by atoms with Crippen LogP contribution in [0, 0.1) is 0 Å². The number of amides is 2. The van der Waals surface area contributed by atoms with Gasteiger partial charge in [-0.3, -0.25) is 14.5 Å². The van der Waals surface area contributed by atoms with E-state index in [9.17, 15) is 9.59 Å². The molecule has 0 aromatic heterocycles. The first-order chi connectivity index (χ1) is 9.56. The highest BCUT2D eigenvalue weighted by Crippen LogP contribution is 2.16. The van der Waals surface area contributed by atoms with Crippen molar-refractivity contribution in [3.8, 4) is 0 Å². The number of carbonyl (C=O) groups is 2. The van der Waals surface area contributed by atoms with Crippen molar-refractivity contribution in [2.45, 2.75) is 6.54 Å². The quantitative estimate of drug-likeness (QED) is 0.891. The van der Waals surface area contributed by atoms with Crippen LogP contribution in [0.4, 0.5) is 0 Å². The Labute approximate surface area is 123 Å². The number of nitrogens with one attached hydrogen (secondary N) is 1. The van der Waals surface area contributed by atoms with Gasteiger partial charge in [-0.1, -0.05) is 29.8 Å². The molecule has 1 fully saturated rings. The fourth-order valence-electron chi connectivity index (χ4n) is 2.16. The van der Waals surface area contributed by atoms with Gasteiger partial charge in [-0.25, -0.2) is 0 Å². The van der Waals surface area contributed by atoms with Gasteiger partial charge in [-0.15, -0.1) is 0 Å². The second-order valence-electron chi connectivity index (χ2n) is 4.93. The number of halogens is 1. The van der Waals surface area contributed by atoms with Crippen LogP contribution in [0.3, 0.4) is 0 Å². The van der Waals surface area contributed by atoms with E-state index < -0.39 is 0 Å². The Bertz CT molecular complexity index is 507. The van der Waals surface area contributed by atoms with Gasteiger partial charge in [-0.05, 0) is 18.7 Å². The van der Waals surface area contributed by atoms with Crippen LogP contribution in [0.2, 0.25) is 5.02 Å². The summed E-state index contributed by atoms with van der Waals surface area (Å²) in [5, 5.41) is 3.40. The summed E-state index contributed by atoms with van der Waals surface area (Å²) in [5.74, 6) is -0.132. The minimum Gasteiger partial charge on any atom is -0.353 e. The zero-order valence-corrected chi connectivity index (χ0v) is 12.2. The van der Waals surface area contributed by atoms with E-state index in [0.717, 1.165) is 5.56 Å². The van der Waals surface area contributed by atoms with Gasteiger partial charge in [0.05, 0.1) is 13.1 Å². The predicted octanol–water partition coefficient (Wildman–Crippen LogP) is 0.730. The van der Waals surface area contributed by atoms with Gasteiger partial charge in [0, 0.05) is 24.7 Å². The van der Waals surface area contributed by atoms with E-state index in [1.165, 1.54) is 0 Å². The fraction of sp³-hybridized carbons (Fsp3) is 0.429. The van der Waals surface area contributed by atoms with Crippen LogP contribution in [0.5, 0.6) is 0 Å². The first kappa shape index (κ1) is 14.8. The summed E-state index contributed by atoms with van der Waals surface area (Å²) in [4.78, 5) is 26.8. The second kappa shape index (κ2) is 6.72. The highest BCUT2D eigenvalue weighted by molar-refractivity contribution is 6.31. The second-order valence-corrected chi connectivity index (χ2v) is 5.34. The lowest BCUT2D eigenvalue weighted by molar-refractivity contribution is -0.138. The Balaban J connectivity index is 1.88. The summed E-state index contributed by atoms with van der Waals surface area (Å²) >= 11 is 6.10. The van der Waals surface area contributed by atoms with E-state index in [0.29, 0.717) is 24.7 Å². The summed E-state index contributed by atoms with van der Waals surface area (Å²) in [6, 6.07) is 7.58. The van der Waals surface area contributed by atoms with Gasteiger partial charge < -0.3 is 10.2 Å². The Morgan fingerprint density at radius 2 is 2.20 bits per heavy atom. The highest BCUT2D eigenvalue weighted by Gasteiger charge is 2.21. The Morgan fingerprint density at radius 1 is 1.45 bits per heavy atom. The molecular weight excluding hydrogens is 278 g/mol. The van der Waals surface area contributed by atoms with Crippen molar-refractivity contribution in [3.05, 3.63) is 34.9 Å². The average Bonchev–Trinajstić information content (AvgIpc) is 2.41. The number of hydrogen-bond donors (Lipinski definition) is 1. The Kier molecular flexibility index (Phi) is 4.98. The lowest BCUT2D eigenvalue weighted by atomic mass is 10.2. The number of rotatable bonds is 4. The molecule has 0 bridgehead atoms. The van der Waals surface area contributed by atoms with Crippen molar-refractivity contribution in [1.29, 1.82) is 0 Å². The zero-order chi connectivity index (χ0) is 14.5. The molecule has 2 rings (SSSR count). The Morgan fingerprint density at radius 3 is 2.90 bits per heavy atom. The molecule has 1 heterocycles. The summed E-state index contributed by atoms with van der Waals surface area (Å²) in [6.07, 6.45) is 0. The number of carbonyl (C=O) groups excluding carboxylic acids is 2. The van der Waals surface area contributed by atoms with Gasteiger partial charge in [0.25, 0.3) is 0 Å². The molecule has 1 aliphatic heterocycles. The lowest BCUT2D eigenvalue weighted by Crippen LogP contribution is -2.52. The molecule has 5 nitrogen and oxygen atoms in total. The largest absolute Gasteiger partial charge is 0.353 e. The van der Waals surface area contributed by atoms with E-state index >= 15 is 0 Å². The summed E-state index contributed by atoms with van der Waals surface area (Å²) in [5.41, 5.74) is 0.987. The maximum Gasteiger partial charge on any atom is 0.239 e. The molecule has 108 valence electrons. The number of likely N-dealkylation sites (N-methyl/N-ethyl adjacent to an activating group) is 1. The molecule has 6 heteroatoms. The lowest BCUT2D eigenvalue weighted by Gasteiger charge is -2.28. The summed E-state index contributed by atoms with van der Waals surface area (Å²) in [6.45, 7) is 2.13. The van der Waals surface area contributed by atoms with Gasteiger partial charge in [0.2, 0.25) is 11.8 Å². The molecule has 1 aromatic rings. The molecule has 0 saturated carbocycles. The van der Waals surface area contributed by atoms with E-state index in [1.807, 2.05) is 36.2 Å². The molecule has 1 aromatic carbocycles. The third kappa shape index (κ3) is 3.95. The van der Waals surface area contributed by atoms with Gasteiger partial charge in [0.15, 0.2) is 0 Å². The maximum absolute atomic E-state index is 12.1. The molecule has 2 amide bonds. The molecule has 0 atom stereocenters. The predicted molar refractivity (Wildman–Crippen MR) is 77.4 cm³/mol. The van der Waals surface area contributed by atoms with Crippen molar-refractivity contribution in [2.75, 3.05) is 33.2 Å². The zero-order valence-electron chi connectivity index (χ0n) is 11.4. The standard InChI is InChI=1S/C14H18ClN3O2/c1-17(8-11-4-2-3-5-12(11)15)10-14(20)18-7-6-16-13(19)9-18/h2-5H,6-10H2,1H3,(H,16,19). The first-order valence-electron chi connectivity index (χ1n) is 6.52. The van der Waals surface area contributed by atoms with E-state index in [2.05, 4.69) is 5.32 Å². The fourth-order valence-corrected chi connectivity index (χ4v) is 2.35. The molecule has 1 aliphatic rings. The number of benzene rings is 1. The van der Waals surface area contributed by atoms with Crippen molar-refractivity contribution >= 4 is 23.4 Å². The topological polar surface area (TPSA) is 52.7 Å². The average molecular weight is 296 g/mol. The molecule has 0 aliphatic carbocycles. The van der Waals surface area contributed by atoms with Crippen LogP contribution >= 0.6 is 11.6 Å². The van der Waals surface area contributed by atoms with Crippen LogP contribution in [0.25, 0.3) is 0 Å². The third-order valence-corrected chi connectivity index (χ3v) is 3.56. The summed E-state index contributed by atoms with van der Waals surface area (Å²) < 4.78 is 0. The van der Waals surface area contributed by atoms with Crippen molar-refractivity contribution in [2.24, 2.45) is 0 Å². The van der Waals surface area contributed by atoms with Crippen molar-refractivity contribution in [1.82, 2.24) is 15.1 Å². The van der Waals surface area contributed by atoms with E-state index in [-0.39, 0.29) is 24.9 Å². The molecule has 1 saturated heterocycles. The smallest absolute Gasteiger partial charge is 0.239 e. The van der Waals surface area contributed by atoms with Crippen LogP contribution in [-0.2, 0) is 16.1 Å². The van der Waals surface area contributed by atoms with Crippen LogP contribution in [-0.4, -0.2) is 54.8 Å². The van der Waals surface area contributed by atoms with Crippen molar-refractivity contribution < 1.29 is 9.59 Å². The molecule has 1 N–H and O–H groups in total. The third-order valence-electron chi connectivity index (χ3n) is 3.19. The molecule has 0 unspecified atom stereocenters. The van der Waals surface area contributed by atoms with Gasteiger partial charge >= 0.3 is 0 Å². The number of hydrogen-bond acceptors (Lipinski definition) is 3. The van der Waals surface area contributed by atoms with Gasteiger partial charge in [0.1, 0.15) is 0 Å². The maximum atomic E-state index is 12.1. The highest BCUT2D eigenvalue weighted by atomic mass is 35.5. The number of piperazine rings is 1. The SMILES string of the molecule is CN(CC(=O)N1CCNC(=O)C1)Cc1ccccc1Cl.